The minimum Gasteiger partial charge on any atom is -0.484 e. The smallest absolute Gasteiger partial charge is 0.170 e. The molecule has 0 radical (unpaired) electrons. The van der Waals surface area contributed by atoms with Crippen LogP contribution in [0.3, 0.4) is 0 Å². The van der Waals surface area contributed by atoms with Crippen LogP contribution in [0.2, 0.25) is 0 Å². The Kier molecular flexibility index (Phi) is 3.88. The Morgan fingerprint density at radius 2 is 2.17 bits per heavy atom. The summed E-state index contributed by atoms with van der Waals surface area (Å²) in [5, 5.41) is 8.00. The summed E-state index contributed by atoms with van der Waals surface area (Å²) in [6.45, 7) is 2.89. The second kappa shape index (κ2) is 5.59. The summed E-state index contributed by atoms with van der Waals surface area (Å²) in [6, 6.07) is 3.81. The van der Waals surface area contributed by atoms with Crippen molar-refractivity contribution in [2.24, 2.45) is 12.8 Å². The zero-order valence-electron chi connectivity index (χ0n) is 10.6. The highest BCUT2D eigenvalue weighted by molar-refractivity contribution is 5.20. The van der Waals surface area contributed by atoms with Crippen LogP contribution in [0.4, 0.5) is 0 Å². The van der Waals surface area contributed by atoms with Crippen molar-refractivity contribution in [1.82, 2.24) is 19.7 Å². The Labute approximate surface area is 106 Å². The van der Waals surface area contributed by atoms with Gasteiger partial charge in [0.2, 0.25) is 0 Å². The van der Waals surface area contributed by atoms with Crippen molar-refractivity contribution in [2.45, 2.75) is 20.0 Å². The molecule has 2 N–H and O–H groups in total. The molecule has 0 amide bonds. The maximum atomic E-state index is 5.60. The lowest BCUT2D eigenvalue weighted by Crippen LogP contribution is -2.06. The number of nitrogens with two attached hydrogens (primary N) is 1. The topological polar surface area (TPSA) is 78.8 Å². The fourth-order valence-corrected chi connectivity index (χ4v) is 1.52. The van der Waals surface area contributed by atoms with Crippen molar-refractivity contribution in [3.63, 3.8) is 0 Å². The van der Waals surface area contributed by atoms with E-state index in [-0.39, 0.29) is 0 Å². The third kappa shape index (κ3) is 2.84. The lowest BCUT2D eigenvalue weighted by Gasteiger charge is -2.06. The van der Waals surface area contributed by atoms with Gasteiger partial charge in [-0.3, -0.25) is 4.98 Å². The molecule has 0 saturated heterocycles. The highest BCUT2D eigenvalue weighted by Crippen LogP contribution is 2.11. The maximum Gasteiger partial charge on any atom is 0.170 e. The Hall–Kier alpha value is -1.95. The van der Waals surface area contributed by atoms with Gasteiger partial charge in [-0.05, 0) is 25.6 Å². The average Bonchev–Trinajstić information content (AvgIpc) is 2.70. The lowest BCUT2D eigenvalue weighted by molar-refractivity contribution is 0.289. The average molecular weight is 247 g/mol. The maximum absolute atomic E-state index is 5.60. The zero-order valence-corrected chi connectivity index (χ0v) is 10.6. The van der Waals surface area contributed by atoms with Crippen LogP contribution in [-0.4, -0.2) is 26.3 Å². The molecule has 0 aliphatic rings. The second-order valence-corrected chi connectivity index (χ2v) is 4.04. The molecule has 0 saturated carbocycles. The fraction of sp³-hybridized carbons (Fsp3) is 0.417. The van der Waals surface area contributed by atoms with E-state index in [4.69, 9.17) is 10.5 Å². The van der Waals surface area contributed by atoms with Crippen molar-refractivity contribution in [3.05, 3.63) is 35.7 Å². The van der Waals surface area contributed by atoms with E-state index in [1.165, 1.54) is 0 Å². The van der Waals surface area contributed by atoms with Crippen LogP contribution < -0.4 is 10.5 Å². The van der Waals surface area contributed by atoms with Gasteiger partial charge in [0, 0.05) is 19.2 Å². The third-order valence-corrected chi connectivity index (χ3v) is 2.75. The van der Waals surface area contributed by atoms with Crippen molar-refractivity contribution in [3.8, 4) is 5.75 Å². The van der Waals surface area contributed by atoms with Crippen LogP contribution in [0, 0.1) is 6.92 Å². The molecule has 2 aromatic rings. The number of hydrogen-bond donors (Lipinski definition) is 1. The van der Waals surface area contributed by atoms with E-state index in [0.717, 1.165) is 29.5 Å². The van der Waals surface area contributed by atoms with Gasteiger partial charge in [0.25, 0.3) is 0 Å². The van der Waals surface area contributed by atoms with Gasteiger partial charge in [-0.1, -0.05) is 0 Å². The van der Waals surface area contributed by atoms with Crippen molar-refractivity contribution in [2.75, 3.05) is 6.54 Å². The van der Waals surface area contributed by atoms with E-state index in [1.807, 2.05) is 30.7 Å². The van der Waals surface area contributed by atoms with Gasteiger partial charge in [0.15, 0.2) is 5.82 Å². The first-order valence-electron chi connectivity index (χ1n) is 5.83. The van der Waals surface area contributed by atoms with Crippen LogP contribution >= 0.6 is 0 Å². The predicted molar refractivity (Wildman–Crippen MR) is 67.1 cm³/mol. The number of aromatic nitrogens is 4. The summed E-state index contributed by atoms with van der Waals surface area (Å²) in [6.07, 6.45) is 2.48. The highest BCUT2D eigenvalue weighted by Gasteiger charge is 2.05. The van der Waals surface area contributed by atoms with Crippen LogP contribution in [0.5, 0.6) is 5.75 Å². The molecule has 0 aromatic carbocycles. The summed E-state index contributed by atoms with van der Waals surface area (Å²) >= 11 is 0. The Bertz CT molecular complexity index is 506. The van der Waals surface area contributed by atoms with E-state index < -0.39 is 0 Å². The van der Waals surface area contributed by atoms with Crippen molar-refractivity contribution in [1.29, 1.82) is 0 Å². The molecule has 2 rings (SSSR count). The number of hydrogen-bond acceptors (Lipinski definition) is 5. The molecule has 0 atom stereocenters. The molecule has 0 fully saturated rings. The molecular formula is C12H17N5O. The van der Waals surface area contributed by atoms with Gasteiger partial charge in [-0.25, -0.2) is 0 Å². The van der Waals surface area contributed by atoms with Gasteiger partial charge in [0.1, 0.15) is 18.2 Å². The second-order valence-electron chi connectivity index (χ2n) is 4.04. The first kappa shape index (κ1) is 12.5. The largest absolute Gasteiger partial charge is 0.484 e. The first-order valence-corrected chi connectivity index (χ1v) is 5.83. The summed E-state index contributed by atoms with van der Waals surface area (Å²) < 4.78 is 7.50. The quantitative estimate of drug-likeness (QED) is 0.837. The minimum atomic E-state index is 0.384. The highest BCUT2D eigenvalue weighted by atomic mass is 16.5. The lowest BCUT2D eigenvalue weighted by atomic mass is 10.3. The number of aryl methyl sites for hydroxylation is 1. The Balaban J connectivity index is 1.96. The summed E-state index contributed by atoms with van der Waals surface area (Å²) in [5.41, 5.74) is 6.43. The molecule has 0 aliphatic heterocycles. The predicted octanol–water partition coefficient (Wildman–Crippen LogP) is 0.599. The van der Waals surface area contributed by atoms with Crippen LogP contribution in [-0.2, 0) is 20.1 Å². The number of pyridine rings is 1. The van der Waals surface area contributed by atoms with Gasteiger partial charge in [0.05, 0.1) is 6.20 Å². The molecule has 6 nitrogen and oxygen atoms in total. The Morgan fingerprint density at radius 3 is 2.72 bits per heavy atom. The summed E-state index contributed by atoms with van der Waals surface area (Å²) in [4.78, 5) is 4.26. The summed E-state index contributed by atoms with van der Waals surface area (Å²) in [7, 11) is 1.91. The molecule has 18 heavy (non-hydrogen) atoms. The van der Waals surface area contributed by atoms with Gasteiger partial charge in [-0.15, -0.1) is 10.2 Å². The molecule has 2 aromatic heterocycles. The number of nitrogens with zero attached hydrogens (tertiary/aromatic N) is 4. The van der Waals surface area contributed by atoms with Crippen LogP contribution in [0.15, 0.2) is 18.3 Å². The SMILES string of the molecule is Cc1nnc(COc2ccc(CCN)nc2)n1C. The van der Waals surface area contributed by atoms with Gasteiger partial charge < -0.3 is 15.0 Å². The van der Waals surface area contributed by atoms with E-state index >= 15 is 0 Å². The normalized spacial score (nSPS) is 10.6. The monoisotopic (exact) mass is 247 g/mol. The standard InChI is InChI=1S/C12H17N5O/c1-9-15-16-12(17(9)2)8-18-11-4-3-10(5-6-13)14-7-11/h3-4,7H,5-6,8,13H2,1-2H3. The molecule has 0 bridgehead atoms. The first-order chi connectivity index (χ1) is 8.70. The molecule has 6 heteroatoms. The van der Waals surface area contributed by atoms with Crippen molar-refractivity contribution < 1.29 is 4.74 Å². The third-order valence-electron chi connectivity index (χ3n) is 2.75. The molecular weight excluding hydrogens is 230 g/mol. The zero-order chi connectivity index (χ0) is 13.0. The van der Waals surface area contributed by atoms with Crippen LogP contribution in [0.25, 0.3) is 0 Å². The van der Waals surface area contributed by atoms with Gasteiger partial charge >= 0.3 is 0 Å². The van der Waals surface area contributed by atoms with E-state index in [1.54, 1.807) is 6.20 Å². The number of rotatable bonds is 5. The molecule has 2 heterocycles. The molecule has 0 spiro atoms. The van der Waals surface area contributed by atoms with E-state index in [9.17, 15) is 0 Å². The van der Waals surface area contributed by atoms with Gasteiger partial charge in [-0.2, -0.15) is 0 Å². The summed E-state index contributed by atoms with van der Waals surface area (Å²) in [5.74, 6) is 2.37. The minimum absolute atomic E-state index is 0.384. The van der Waals surface area contributed by atoms with E-state index in [0.29, 0.717) is 13.2 Å². The molecule has 0 aliphatic carbocycles. The fourth-order valence-electron chi connectivity index (χ4n) is 1.52. The van der Waals surface area contributed by atoms with E-state index in [2.05, 4.69) is 15.2 Å². The van der Waals surface area contributed by atoms with Crippen molar-refractivity contribution >= 4 is 0 Å². The van der Waals surface area contributed by atoms with Crippen LogP contribution in [0.1, 0.15) is 17.3 Å². The molecule has 0 unspecified atom stereocenters. The number of ether oxygens (including phenoxy) is 1. The Morgan fingerprint density at radius 1 is 1.33 bits per heavy atom. The molecule has 96 valence electrons.